The Labute approximate surface area is 187 Å². The van der Waals surface area contributed by atoms with Crippen molar-refractivity contribution in [1.29, 1.82) is 0 Å². The maximum Gasteiger partial charge on any atom is 0.247 e. The van der Waals surface area contributed by atoms with Gasteiger partial charge in [0.05, 0.1) is 12.2 Å². The first-order chi connectivity index (χ1) is 14.6. The highest BCUT2D eigenvalue weighted by Crippen LogP contribution is 2.43. The summed E-state index contributed by atoms with van der Waals surface area (Å²) in [5.74, 6) is 1.65. The summed E-state index contributed by atoms with van der Waals surface area (Å²) >= 11 is 5.02. The maximum absolute atomic E-state index is 10.8. The van der Waals surface area contributed by atoms with E-state index in [1.54, 1.807) is 12.1 Å². The van der Waals surface area contributed by atoms with E-state index in [1.165, 1.54) is 11.8 Å². The smallest absolute Gasteiger partial charge is 0.247 e. The third-order valence-corrected chi connectivity index (χ3v) is 5.92. The van der Waals surface area contributed by atoms with Crippen LogP contribution in [-0.4, -0.2) is 32.6 Å². The number of aromatic hydroxyl groups is 1. The van der Waals surface area contributed by atoms with E-state index < -0.39 is 6.23 Å². The number of phenolic OH excluding ortho intramolecular Hbond substituents is 1. The minimum Gasteiger partial charge on any atom is -0.504 e. The van der Waals surface area contributed by atoms with Crippen LogP contribution >= 0.6 is 27.7 Å². The Morgan fingerprint density at radius 1 is 1.23 bits per heavy atom. The molecular weight excluding hydrogens is 468 g/mol. The summed E-state index contributed by atoms with van der Waals surface area (Å²) in [6, 6.07) is 11.2. The Hall–Kier alpha value is -2.52. The zero-order chi connectivity index (χ0) is 21.1. The van der Waals surface area contributed by atoms with Crippen LogP contribution in [0.3, 0.4) is 0 Å². The Balaban J connectivity index is 1.82. The number of ether oxygens (including phenoxy) is 2. The van der Waals surface area contributed by atoms with Gasteiger partial charge in [-0.05, 0) is 31.5 Å². The van der Waals surface area contributed by atoms with Crippen LogP contribution in [0.15, 0.2) is 46.0 Å². The van der Waals surface area contributed by atoms with Gasteiger partial charge in [-0.15, -0.1) is 10.2 Å². The lowest BCUT2D eigenvalue weighted by molar-refractivity contribution is 0.218. The zero-order valence-electron chi connectivity index (χ0n) is 16.6. The number of benzene rings is 2. The predicted molar refractivity (Wildman–Crippen MR) is 120 cm³/mol. The van der Waals surface area contributed by atoms with Gasteiger partial charge in [-0.2, -0.15) is 4.98 Å². The highest BCUT2D eigenvalue weighted by molar-refractivity contribution is 9.10. The van der Waals surface area contributed by atoms with Crippen LogP contribution in [0.4, 0.5) is 5.69 Å². The zero-order valence-corrected chi connectivity index (χ0v) is 19.0. The fourth-order valence-corrected chi connectivity index (χ4v) is 4.19. The molecule has 0 fully saturated rings. The molecule has 30 heavy (non-hydrogen) atoms. The molecule has 0 radical (unpaired) electrons. The number of fused-ring (bicyclic) bond motifs is 3. The molecule has 1 atom stereocenters. The average molecular weight is 489 g/mol. The van der Waals surface area contributed by atoms with E-state index in [1.807, 2.05) is 31.2 Å². The van der Waals surface area contributed by atoms with E-state index in [9.17, 15) is 5.11 Å². The molecule has 0 spiro atoms. The van der Waals surface area contributed by atoms with Gasteiger partial charge >= 0.3 is 0 Å². The number of thioether (sulfide) groups is 1. The topological polar surface area (TPSA) is 89.4 Å². The molecule has 9 heteroatoms. The van der Waals surface area contributed by atoms with Gasteiger partial charge < -0.3 is 19.9 Å². The van der Waals surface area contributed by atoms with Crippen molar-refractivity contribution in [3.8, 4) is 28.6 Å². The Morgan fingerprint density at radius 2 is 2.07 bits per heavy atom. The molecule has 1 aliphatic heterocycles. The predicted octanol–water partition coefficient (Wildman–Crippen LogP) is 5.41. The largest absolute Gasteiger partial charge is 0.504 e. The molecule has 0 unspecified atom stereocenters. The lowest BCUT2D eigenvalue weighted by Crippen LogP contribution is -2.17. The summed E-state index contributed by atoms with van der Waals surface area (Å²) in [4.78, 5) is 4.60. The Kier molecular flexibility index (Phi) is 6.29. The molecule has 2 aromatic carbocycles. The van der Waals surface area contributed by atoms with Gasteiger partial charge in [0, 0.05) is 21.5 Å². The molecule has 7 nitrogen and oxygen atoms in total. The number of para-hydroxylation sites is 1. The first-order valence-corrected chi connectivity index (χ1v) is 11.4. The Bertz CT molecular complexity index is 1070. The maximum atomic E-state index is 10.8. The van der Waals surface area contributed by atoms with Crippen molar-refractivity contribution in [3.05, 3.63) is 46.4 Å². The molecule has 2 heterocycles. The van der Waals surface area contributed by atoms with Crippen LogP contribution in [-0.2, 0) is 0 Å². The van der Waals surface area contributed by atoms with Gasteiger partial charge in [0.25, 0.3) is 0 Å². The van der Waals surface area contributed by atoms with E-state index in [0.717, 1.165) is 27.9 Å². The molecule has 4 rings (SSSR count). The number of nitrogens with zero attached hydrogens (tertiary/aromatic N) is 3. The van der Waals surface area contributed by atoms with Crippen LogP contribution in [0.25, 0.3) is 11.3 Å². The molecule has 1 aromatic heterocycles. The van der Waals surface area contributed by atoms with Crippen LogP contribution in [0, 0.1) is 0 Å². The molecule has 2 N–H and O–H groups in total. The van der Waals surface area contributed by atoms with Crippen molar-refractivity contribution >= 4 is 33.4 Å². The molecule has 156 valence electrons. The summed E-state index contributed by atoms with van der Waals surface area (Å²) in [5.41, 5.74) is 2.73. The van der Waals surface area contributed by atoms with Gasteiger partial charge in [0.1, 0.15) is 0 Å². The fraction of sp³-hybridized carbons (Fsp3) is 0.286. The SMILES string of the molecule is CCCSc1nnc2c(n1)O[C@@H](c1cc(Br)cc(OCC)c1O)Nc1ccccc1-2. The number of rotatable bonds is 6. The van der Waals surface area contributed by atoms with E-state index in [0.29, 0.717) is 34.7 Å². The number of nitrogens with one attached hydrogen (secondary N) is 1. The van der Waals surface area contributed by atoms with Crippen LogP contribution < -0.4 is 14.8 Å². The van der Waals surface area contributed by atoms with E-state index in [4.69, 9.17) is 9.47 Å². The minimum absolute atomic E-state index is 0.0149. The minimum atomic E-state index is -0.704. The molecule has 0 bridgehead atoms. The lowest BCUT2D eigenvalue weighted by atomic mass is 10.1. The van der Waals surface area contributed by atoms with Crippen LogP contribution in [0.1, 0.15) is 32.1 Å². The summed E-state index contributed by atoms with van der Waals surface area (Å²) in [7, 11) is 0. The van der Waals surface area contributed by atoms with Gasteiger partial charge in [0.15, 0.2) is 17.2 Å². The summed E-state index contributed by atoms with van der Waals surface area (Å²) in [6.07, 6.45) is 0.301. The second kappa shape index (κ2) is 9.09. The molecule has 0 saturated carbocycles. The highest BCUT2D eigenvalue weighted by Gasteiger charge is 2.29. The Morgan fingerprint density at radius 3 is 2.87 bits per heavy atom. The van der Waals surface area contributed by atoms with Crippen molar-refractivity contribution in [1.82, 2.24) is 15.2 Å². The van der Waals surface area contributed by atoms with E-state index in [-0.39, 0.29) is 5.75 Å². The van der Waals surface area contributed by atoms with Crippen molar-refractivity contribution in [2.75, 3.05) is 17.7 Å². The van der Waals surface area contributed by atoms with E-state index >= 15 is 0 Å². The average Bonchev–Trinajstić information content (AvgIpc) is 2.91. The highest BCUT2D eigenvalue weighted by atomic mass is 79.9. The van der Waals surface area contributed by atoms with Gasteiger partial charge in [0.2, 0.25) is 17.3 Å². The monoisotopic (exact) mass is 488 g/mol. The number of halogens is 1. The second-order valence-electron chi connectivity index (χ2n) is 6.56. The summed E-state index contributed by atoms with van der Waals surface area (Å²) in [5, 5.41) is 23.4. The number of anilines is 1. The van der Waals surface area contributed by atoms with Gasteiger partial charge in [-0.1, -0.05) is 52.8 Å². The van der Waals surface area contributed by atoms with E-state index in [2.05, 4.69) is 43.4 Å². The molecule has 1 aliphatic rings. The van der Waals surface area contributed by atoms with Crippen molar-refractivity contribution in [2.24, 2.45) is 0 Å². The molecule has 0 saturated heterocycles. The van der Waals surface area contributed by atoms with Crippen molar-refractivity contribution < 1.29 is 14.6 Å². The van der Waals surface area contributed by atoms with Crippen molar-refractivity contribution in [3.63, 3.8) is 0 Å². The number of aromatic nitrogens is 3. The molecule has 0 amide bonds. The van der Waals surface area contributed by atoms with Crippen molar-refractivity contribution in [2.45, 2.75) is 31.7 Å². The quantitative estimate of drug-likeness (QED) is 0.445. The molecule has 3 aromatic rings. The first kappa shape index (κ1) is 20.7. The van der Waals surface area contributed by atoms with Crippen LogP contribution in [0.5, 0.6) is 17.4 Å². The third kappa shape index (κ3) is 4.17. The molecule has 0 aliphatic carbocycles. The first-order valence-electron chi connectivity index (χ1n) is 9.66. The van der Waals surface area contributed by atoms with Gasteiger partial charge in [-0.3, -0.25) is 0 Å². The number of phenols is 1. The standard InChI is InChI=1S/C21H21BrN4O3S/c1-3-9-30-21-24-20-17(25-26-21)13-7-5-6-8-15(13)23-19(29-20)14-10-12(22)11-16(18(14)27)28-4-2/h5-8,10-11,19,23,27H,3-4,9H2,1-2H3/t19-/m0/s1. The third-order valence-electron chi connectivity index (χ3n) is 4.42. The number of hydrogen-bond donors (Lipinski definition) is 2. The molecular formula is C21H21BrN4O3S. The van der Waals surface area contributed by atoms with Crippen LogP contribution in [0.2, 0.25) is 0 Å². The second-order valence-corrected chi connectivity index (χ2v) is 8.54. The summed E-state index contributed by atoms with van der Waals surface area (Å²) in [6.45, 7) is 4.40. The van der Waals surface area contributed by atoms with Gasteiger partial charge in [-0.25, -0.2) is 0 Å². The normalized spacial score (nSPS) is 14.7. The lowest BCUT2D eigenvalue weighted by Gasteiger charge is -2.21. The fourth-order valence-electron chi connectivity index (χ4n) is 3.10. The number of hydrogen-bond acceptors (Lipinski definition) is 8. The summed E-state index contributed by atoms with van der Waals surface area (Å²) < 4.78 is 12.6.